The molecule has 0 radical (unpaired) electrons. The minimum atomic E-state index is -5.37. The van der Waals surface area contributed by atoms with E-state index < -0.39 is 19.2 Å². The normalized spacial score (nSPS) is 12.1. The molecule has 0 atom stereocenters. The van der Waals surface area contributed by atoms with E-state index in [1.807, 2.05) is 0 Å². The third-order valence-corrected chi connectivity index (χ3v) is 2.31. The Hall–Kier alpha value is 0.160. The molecule has 0 aromatic rings. The molecular weight excluding hydrogens is 187 g/mol. The molecule has 4 nitrogen and oxygen atoms in total. The first kappa shape index (κ1) is 10.2. The molecule has 0 amide bonds. The van der Waals surface area contributed by atoms with E-state index in [0.717, 1.165) is 14.2 Å². The first-order valence-electron chi connectivity index (χ1n) is 2.05. The van der Waals surface area contributed by atoms with Gasteiger partial charge in [0.2, 0.25) is 0 Å². The van der Waals surface area contributed by atoms with Crippen molar-refractivity contribution in [2.45, 2.75) is 0 Å². The monoisotopic (exact) mass is 193 g/mol. The molecule has 0 rings (SSSR count). The highest BCUT2D eigenvalue weighted by atomic mass is 32.2. The molecule has 0 bridgehead atoms. The Labute approximate surface area is 59.7 Å². The maximum Gasteiger partial charge on any atom is 0.539 e. The number of hydrogen-bond donors (Lipinski definition) is 0. The van der Waals surface area contributed by atoms with Gasteiger partial charge in [0.25, 0.3) is 0 Å². The Morgan fingerprint density at radius 3 is 1.90 bits per heavy atom. The van der Waals surface area contributed by atoms with Gasteiger partial charge in [-0.25, -0.2) is 4.57 Å². The summed E-state index contributed by atoms with van der Waals surface area (Å²) in [5, 5.41) is 0. The fourth-order valence-electron chi connectivity index (χ4n) is 0.212. The van der Waals surface area contributed by atoms with E-state index in [4.69, 9.17) is 0 Å². The van der Waals surface area contributed by atoms with Crippen molar-refractivity contribution < 1.29 is 21.3 Å². The number of nitrogens with zero attached hydrogens (tertiary/aromatic N) is 1. The summed E-state index contributed by atoms with van der Waals surface area (Å²) in [5.74, 6) is 0. The summed E-state index contributed by atoms with van der Waals surface area (Å²) in [6.07, 6.45) is 0. The number of hydrogen-bond acceptors (Lipinski definition) is 3. The standard InChI is InChI=1S/C2H6F2NO3PS/c1-7-10(8-2)5-9(3,4)6/h1-2H3. The first-order chi connectivity index (χ1) is 4.49. The van der Waals surface area contributed by atoms with E-state index >= 15 is 0 Å². The Balaban J connectivity index is 4.26. The predicted molar refractivity (Wildman–Crippen MR) is 33.6 cm³/mol. The zero-order valence-electron chi connectivity index (χ0n) is 5.28. The van der Waals surface area contributed by atoms with Crippen molar-refractivity contribution >= 4 is 19.2 Å². The van der Waals surface area contributed by atoms with Gasteiger partial charge in [-0.2, -0.15) is 0 Å². The largest absolute Gasteiger partial charge is 0.539 e. The molecule has 0 aromatic heterocycles. The van der Waals surface area contributed by atoms with Crippen molar-refractivity contribution in [3.8, 4) is 0 Å². The third kappa shape index (κ3) is 4.99. The fourth-order valence-corrected chi connectivity index (χ4v) is 1.50. The van der Waals surface area contributed by atoms with Crippen LogP contribution in [0.25, 0.3) is 0 Å². The first-order valence-corrected chi connectivity index (χ1v) is 4.53. The lowest BCUT2D eigenvalue weighted by molar-refractivity contribution is 0.368. The molecule has 8 heteroatoms. The van der Waals surface area contributed by atoms with Crippen LogP contribution in [0, 0.1) is 0 Å². The Kier molecular flexibility index (Phi) is 4.19. The van der Waals surface area contributed by atoms with E-state index in [1.54, 1.807) is 0 Å². The van der Waals surface area contributed by atoms with Gasteiger partial charge in [-0.1, -0.05) is 4.13 Å². The van der Waals surface area contributed by atoms with Crippen molar-refractivity contribution in [1.29, 1.82) is 0 Å². The van der Waals surface area contributed by atoms with Gasteiger partial charge in [0.05, 0.1) is 14.2 Å². The Morgan fingerprint density at radius 1 is 1.40 bits per heavy atom. The second kappa shape index (κ2) is 4.12. The van der Waals surface area contributed by atoms with Crippen LogP contribution < -0.4 is 0 Å². The Bertz CT molecular complexity index is 173. The maximum absolute atomic E-state index is 11.6. The van der Waals surface area contributed by atoms with Crippen molar-refractivity contribution in [2.75, 3.05) is 14.2 Å². The van der Waals surface area contributed by atoms with Crippen LogP contribution in [0.3, 0.4) is 0 Å². The third-order valence-electron chi connectivity index (χ3n) is 0.447. The van der Waals surface area contributed by atoms with Gasteiger partial charge in [-0.05, 0) is 0 Å². The van der Waals surface area contributed by atoms with Crippen LogP contribution in [0.5, 0.6) is 0 Å². The summed E-state index contributed by atoms with van der Waals surface area (Å²) in [5.41, 5.74) is 0. The average molecular weight is 193 g/mol. The van der Waals surface area contributed by atoms with Crippen LogP contribution in [-0.4, -0.2) is 14.2 Å². The molecule has 0 aliphatic heterocycles. The van der Waals surface area contributed by atoms with Gasteiger partial charge >= 0.3 is 7.91 Å². The summed E-state index contributed by atoms with van der Waals surface area (Å²) >= 11 is -1.70. The topological polar surface area (TPSA) is 47.9 Å². The van der Waals surface area contributed by atoms with E-state index in [0.29, 0.717) is 0 Å². The lowest BCUT2D eigenvalue weighted by Crippen LogP contribution is -1.92. The van der Waals surface area contributed by atoms with E-state index in [1.165, 1.54) is 0 Å². The molecule has 0 aliphatic rings. The quantitative estimate of drug-likeness (QED) is 0.643. The zero-order chi connectivity index (χ0) is 8.20. The molecule has 0 fully saturated rings. The maximum atomic E-state index is 11.6. The summed E-state index contributed by atoms with van der Waals surface area (Å²) in [7, 11) is -3.11. The van der Waals surface area contributed by atoms with E-state index in [9.17, 15) is 13.0 Å². The highest BCUT2D eigenvalue weighted by Crippen LogP contribution is 2.51. The number of halogens is 2. The fraction of sp³-hybridized carbons (Fsp3) is 1.00. The molecule has 10 heavy (non-hydrogen) atoms. The zero-order valence-corrected chi connectivity index (χ0v) is 6.99. The van der Waals surface area contributed by atoms with Crippen molar-refractivity contribution in [2.24, 2.45) is 4.13 Å². The molecule has 0 unspecified atom stereocenters. The summed E-state index contributed by atoms with van der Waals surface area (Å²) < 4.78 is 43.8. The molecule has 0 aliphatic carbocycles. The predicted octanol–water partition coefficient (Wildman–Crippen LogP) is 1.96. The second-order valence-corrected chi connectivity index (χ2v) is 3.69. The molecule has 0 heterocycles. The van der Waals surface area contributed by atoms with Crippen LogP contribution in [-0.2, 0) is 24.2 Å². The van der Waals surface area contributed by atoms with Gasteiger partial charge in [-0.15, -0.1) is 8.39 Å². The SMILES string of the molecule is COS(=NP(=O)(F)F)OC. The van der Waals surface area contributed by atoms with Crippen LogP contribution in [0.15, 0.2) is 4.13 Å². The summed E-state index contributed by atoms with van der Waals surface area (Å²) in [4.78, 5) is 0. The Morgan fingerprint density at radius 2 is 1.80 bits per heavy atom. The van der Waals surface area contributed by atoms with Crippen LogP contribution in [0.2, 0.25) is 0 Å². The lowest BCUT2D eigenvalue weighted by Gasteiger charge is -1.98. The van der Waals surface area contributed by atoms with Gasteiger partial charge in [0.15, 0.2) is 11.3 Å². The van der Waals surface area contributed by atoms with Crippen molar-refractivity contribution in [3.05, 3.63) is 0 Å². The molecule has 0 spiro atoms. The molecule has 0 aromatic carbocycles. The molecule has 0 saturated carbocycles. The smallest absolute Gasteiger partial charge is 0.288 e. The van der Waals surface area contributed by atoms with Crippen molar-refractivity contribution in [1.82, 2.24) is 0 Å². The highest BCUT2D eigenvalue weighted by molar-refractivity contribution is 7.82. The highest BCUT2D eigenvalue weighted by Gasteiger charge is 2.18. The second-order valence-electron chi connectivity index (χ2n) is 1.07. The summed E-state index contributed by atoms with van der Waals surface area (Å²) in [6.45, 7) is 0. The van der Waals surface area contributed by atoms with Gasteiger partial charge < -0.3 is 0 Å². The van der Waals surface area contributed by atoms with Crippen LogP contribution in [0.1, 0.15) is 0 Å². The van der Waals surface area contributed by atoms with Gasteiger partial charge in [0.1, 0.15) is 0 Å². The molecule has 62 valence electrons. The lowest BCUT2D eigenvalue weighted by atomic mass is 11.8. The van der Waals surface area contributed by atoms with Crippen LogP contribution >= 0.6 is 7.91 Å². The average Bonchev–Trinajstić information content (AvgIpc) is 1.81. The minimum Gasteiger partial charge on any atom is -0.288 e. The number of rotatable bonds is 3. The minimum absolute atomic E-state index is 1.13. The molecular formula is C2H6F2NO3PS. The van der Waals surface area contributed by atoms with E-state index in [-0.39, 0.29) is 0 Å². The molecule has 0 N–H and O–H groups in total. The van der Waals surface area contributed by atoms with Crippen LogP contribution in [0.4, 0.5) is 8.39 Å². The summed E-state index contributed by atoms with van der Waals surface area (Å²) in [6, 6.07) is 0. The van der Waals surface area contributed by atoms with Gasteiger partial charge in [0, 0.05) is 0 Å². The molecule has 0 saturated heterocycles. The van der Waals surface area contributed by atoms with Gasteiger partial charge in [-0.3, -0.25) is 8.37 Å². The van der Waals surface area contributed by atoms with Crippen molar-refractivity contribution in [3.63, 3.8) is 0 Å². The van der Waals surface area contributed by atoms with E-state index in [2.05, 4.69) is 12.5 Å².